The van der Waals surface area contributed by atoms with E-state index in [4.69, 9.17) is 0 Å². The lowest BCUT2D eigenvalue weighted by atomic mass is 10.1. The molecule has 1 aromatic heterocycles. The number of rotatable bonds is 4. The number of benzene rings is 1. The highest BCUT2D eigenvalue weighted by molar-refractivity contribution is 5.98. The van der Waals surface area contributed by atoms with Gasteiger partial charge in [-0.15, -0.1) is 0 Å². The fourth-order valence-electron chi connectivity index (χ4n) is 3.24. The fraction of sp³-hybridized carbons (Fsp3) is 0.381. The van der Waals surface area contributed by atoms with Crippen molar-refractivity contribution in [2.45, 2.75) is 38.6 Å². The van der Waals surface area contributed by atoms with Gasteiger partial charge in [-0.25, -0.2) is 0 Å². The number of aromatic nitrogens is 1. The number of likely N-dealkylation sites (tertiary alicyclic amines) is 1. The summed E-state index contributed by atoms with van der Waals surface area (Å²) in [6.07, 6.45) is 5.96. The Bertz CT molecular complexity index is 753. The Morgan fingerprint density at radius 3 is 2.42 bits per heavy atom. The van der Waals surface area contributed by atoms with E-state index in [0.717, 1.165) is 31.5 Å². The summed E-state index contributed by atoms with van der Waals surface area (Å²) in [5, 5.41) is 2.94. The molecule has 5 nitrogen and oxygen atoms in total. The average molecular weight is 351 g/mol. The summed E-state index contributed by atoms with van der Waals surface area (Å²) in [7, 11) is 0. The number of carbonyl (C=O) groups is 2. The molecule has 0 spiro atoms. The molecule has 1 aromatic carbocycles. The molecular weight excluding hydrogens is 326 g/mol. The number of hydrogen-bond donors (Lipinski definition) is 1. The van der Waals surface area contributed by atoms with Gasteiger partial charge in [-0.05, 0) is 37.5 Å². The van der Waals surface area contributed by atoms with Crippen LogP contribution in [0.4, 0.5) is 0 Å². The smallest absolute Gasteiger partial charge is 0.270 e. The van der Waals surface area contributed by atoms with Crippen LogP contribution in [0.2, 0.25) is 0 Å². The quantitative estimate of drug-likeness (QED) is 0.916. The minimum Gasteiger partial charge on any atom is -0.344 e. The van der Waals surface area contributed by atoms with Gasteiger partial charge in [0.15, 0.2) is 0 Å². The second-order valence-electron chi connectivity index (χ2n) is 6.74. The number of hydrogen-bond acceptors (Lipinski definition) is 3. The van der Waals surface area contributed by atoms with Crippen molar-refractivity contribution in [3.63, 3.8) is 0 Å². The molecule has 2 heterocycles. The van der Waals surface area contributed by atoms with E-state index in [0.29, 0.717) is 5.56 Å². The summed E-state index contributed by atoms with van der Waals surface area (Å²) in [5.41, 5.74) is 1.82. The van der Waals surface area contributed by atoms with Crippen LogP contribution in [0.5, 0.6) is 0 Å². The molecule has 0 aliphatic carbocycles. The highest BCUT2D eigenvalue weighted by atomic mass is 16.2. The van der Waals surface area contributed by atoms with E-state index >= 15 is 0 Å². The highest BCUT2D eigenvalue weighted by Gasteiger charge is 2.19. The van der Waals surface area contributed by atoms with Gasteiger partial charge in [0.2, 0.25) is 0 Å². The van der Waals surface area contributed by atoms with Crippen LogP contribution in [0, 0.1) is 0 Å². The third kappa shape index (κ3) is 4.48. The van der Waals surface area contributed by atoms with Gasteiger partial charge >= 0.3 is 0 Å². The van der Waals surface area contributed by atoms with Crippen LogP contribution in [0.1, 0.15) is 65.1 Å². The molecule has 1 unspecified atom stereocenters. The van der Waals surface area contributed by atoms with Crippen LogP contribution in [-0.2, 0) is 0 Å². The summed E-state index contributed by atoms with van der Waals surface area (Å²) < 4.78 is 0. The first-order valence-corrected chi connectivity index (χ1v) is 9.26. The molecule has 2 aromatic rings. The van der Waals surface area contributed by atoms with Crippen molar-refractivity contribution < 1.29 is 9.59 Å². The van der Waals surface area contributed by atoms with Crippen LogP contribution in [0.3, 0.4) is 0 Å². The van der Waals surface area contributed by atoms with Crippen molar-refractivity contribution in [3.8, 4) is 0 Å². The minimum atomic E-state index is -0.271. The fourth-order valence-corrected chi connectivity index (χ4v) is 3.24. The first-order valence-electron chi connectivity index (χ1n) is 9.26. The van der Waals surface area contributed by atoms with E-state index in [9.17, 15) is 9.59 Å². The van der Waals surface area contributed by atoms with Crippen LogP contribution < -0.4 is 5.32 Å². The Balaban J connectivity index is 1.70. The van der Waals surface area contributed by atoms with Crippen molar-refractivity contribution in [2.24, 2.45) is 0 Å². The molecule has 1 N–H and O–H groups in total. The first-order chi connectivity index (χ1) is 12.6. The van der Waals surface area contributed by atoms with E-state index in [-0.39, 0.29) is 23.6 Å². The van der Waals surface area contributed by atoms with Crippen LogP contribution in [-0.4, -0.2) is 34.8 Å². The zero-order valence-electron chi connectivity index (χ0n) is 15.1. The lowest BCUT2D eigenvalue weighted by molar-refractivity contribution is 0.0761. The summed E-state index contributed by atoms with van der Waals surface area (Å²) in [4.78, 5) is 31.3. The molecule has 0 radical (unpaired) electrons. The molecule has 1 aliphatic rings. The van der Waals surface area contributed by atoms with Gasteiger partial charge in [-0.3, -0.25) is 14.6 Å². The second-order valence-corrected chi connectivity index (χ2v) is 6.74. The molecule has 3 rings (SSSR count). The van der Waals surface area contributed by atoms with Crippen LogP contribution in [0.25, 0.3) is 0 Å². The molecule has 0 bridgehead atoms. The monoisotopic (exact) mass is 351 g/mol. The predicted octanol–water partition coefficient (Wildman–Crippen LogP) is 3.59. The van der Waals surface area contributed by atoms with Gasteiger partial charge < -0.3 is 10.2 Å². The van der Waals surface area contributed by atoms with Gasteiger partial charge in [0.1, 0.15) is 5.69 Å². The minimum absolute atomic E-state index is 0.0144. The molecule has 0 saturated carbocycles. The molecule has 1 atom stereocenters. The van der Waals surface area contributed by atoms with Crippen molar-refractivity contribution in [1.82, 2.24) is 15.2 Å². The van der Waals surface area contributed by atoms with E-state index in [1.165, 1.54) is 19.0 Å². The lowest BCUT2D eigenvalue weighted by Gasteiger charge is -2.20. The molecule has 1 aliphatic heterocycles. The van der Waals surface area contributed by atoms with Gasteiger partial charge in [0.05, 0.1) is 6.04 Å². The van der Waals surface area contributed by atoms with Crippen molar-refractivity contribution >= 4 is 11.8 Å². The molecule has 26 heavy (non-hydrogen) atoms. The highest BCUT2D eigenvalue weighted by Crippen LogP contribution is 2.15. The molecule has 2 amide bonds. The summed E-state index contributed by atoms with van der Waals surface area (Å²) >= 11 is 0. The Labute approximate surface area is 154 Å². The third-order valence-corrected chi connectivity index (χ3v) is 4.78. The van der Waals surface area contributed by atoms with E-state index in [1.807, 2.05) is 42.2 Å². The van der Waals surface area contributed by atoms with Gasteiger partial charge in [0.25, 0.3) is 11.8 Å². The zero-order chi connectivity index (χ0) is 18.4. The number of carbonyl (C=O) groups excluding carboxylic acids is 2. The van der Waals surface area contributed by atoms with Crippen molar-refractivity contribution in [1.29, 1.82) is 0 Å². The molecular formula is C21H25N3O2. The molecule has 1 fully saturated rings. The number of nitrogens with one attached hydrogen (secondary N) is 1. The van der Waals surface area contributed by atoms with Crippen molar-refractivity contribution in [2.75, 3.05) is 13.1 Å². The van der Waals surface area contributed by atoms with Crippen molar-refractivity contribution in [3.05, 3.63) is 65.5 Å². The third-order valence-electron chi connectivity index (χ3n) is 4.78. The van der Waals surface area contributed by atoms with Gasteiger partial charge in [0, 0.05) is 24.8 Å². The predicted molar refractivity (Wildman–Crippen MR) is 101 cm³/mol. The van der Waals surface area contributed by atoms with E-state index in [2.05, 4.69) is 10.3 Å². The zero-order valence-corrected chi connectivity index (χ0v) is 15.1. The first kappa shape index (κ1) is 18.1. The maximum absolute atomic E-state index is 12.7. The second kappa shape index (κ2) is 8.61. The maximum Gasteiger partial charge on any atom is 0.270 e. The standard InChI is InChI=1S/C21H25N3O2/c1-16(17-9-5-4-6-10-17)23-20(25)19-15-18(11-12-22-19)21(26)24-13-7-2-3-8-14-24/h4-6,9-12,15-16H,2-3,7-8,13-14H2,1H3,(H,23,25). The Kier molecular flexibility index (Phi) is 6.00. The number of nitrogens with zero attached hydrogens (tertiary/aromatic N) is 2. The number of amides is 2. The van der Waals surface area contributed by atoms with Crippen LogP contribution in [0.15, 0.2) is 48.7 Å². The Morgan fingerprint density at radius 1 is 1.04 bits per heavy atom. The Hall–Kier alpha value is -2.69. The molecule has 136 valence electrons. The SMILES string of the molecule is CC(NC(=O)c1cc(C(=O)N2CCCCCC2)ccn1)c1ccccc1. The van der Waals surface area contributed by atoms with Crippen LogP contribution >= 0.6 is 0 Å². The molecule has 1 saturated heterocycles. The maximum atomic E-state index is 12.7. The average Bonchev–Trinajstić information content (AvgIpc) is 2.97. The summed E-state index contributed by atoms with van der Waals surface area (Å²) in [6.45, 7) is 3.50. The topological polar surface area (TPSA) is 62.3 Å². The summed E-state index contributed by atoms with van der Waals surface area (Å²) in [5.74, 6) is -0.286. The van der Waals surface area contributed by atoms with Gasteiger partial charge in [-0.2, -0.15) is 0 Å². The normalized spacial score (nSPS) is 15.8. The number of pyridine rings is 1. The lowest BCUT2D eigenvalue weighted by Crippen LogP contribution is -2.32. The Morgan fingerprint density at radius 2 is 1.73 bits per heavy atom. The molecule has 5 heteroatoms. The van der Waals surface area contributed by atoms with E-state index < -0.39 is 0 Å². The van der Waals surface area contributed by atoms with E-state index in [1.54, 1.807) is 12.1 Å². The van der Waals surface area contributed by atoms with Gasteiger partial charge in [-0.1, -0.05) is 43.2 Å². The largest absolute Gasteiger partial charge is 0.344 e. The summed E-state index contributed by atoms with van der Waals surface area (Å²) in [6, 6.07) is 12.9.